The van der Waals surface area contributed by atoms with Gasteiger partial charge in [-0.25, -0.2) is 0 Å². The molecule has 0 saturated heterocycles. The molecule has 0 aliphatic heterocycles. The van der Waals surface area contributed by atoms with Crippen LogP contribution in [0, 0.1) is 0 Å². The van der Waals surface area contributed by atoms with Gasteiger partial charge in [0.2, 0.25) is 0 Å². The van der Waals surface area contributed by atoms with Gasteiger partial charge in [-0.15, -0.1) is 0 Å². The molecule has 0 aromatic heterocycles. The van der Waals surface area contributed by atoms with E-state index in [0.717, 1.165) is 13.0 Å². The first-order chi connectivity index (χ1) is 8.07. The Bertz CT molecular complexity index is 337. The smallest absolute Gasteiger partial charge is 0.0447 e. The van der Waals surface area contributed by atoms with Crippen LogP contribution < -0.4 is 10.6 Å². The number of aliphatic hydroxyl groups excluding tert-OH is 1. The van der Waals surface area contributed by atoms with E-state index < -0.39 is 0 Å². The van der Waals surface area contributed by atoms with Crippen molar-refractivity contribution in [1.29, 1.82) is 0 Å². The van der Waals surface area contributed by atoms with Crippen LogP contribution in [-0.4, -0.2) is 24.3 Å². The third kappa shape index (κ3) is 3.72. The van der Waals surface area contributed by atoms with Gasteiger partial charge in [0.05, 0.1) is 0 Å². The second-order valence-electron chi connectivity index (χ2n) is 4.71. The molecule has 17 heavy (non-hydrogen) atoms. The summed E-state index contributed by atoms with van der Waals surface area (Å²) in [6.45, 7) is 7.41. The Labute approximate surface area is 104 Å². The number of hydrogen-bond acceptors (Lipinski definition) is 3. The topological polar surface area (TPSA) is 49.5 Å². The van der Waals surface area contributed by atoms with Crippen molar-refractivity contribution in [3.05, 3.63) is 29.8 Å². The molecule has 0 heterocycles. The van der Waals surface area contributed by atoms with Gasteiger partial charge in [0.15, 0.2) is 0 Å². The van der Waals surface area contributed by atoms with Gasteiger partial charge < -0.3 is 15.7 Å². The lowest BCUT2D eigenvalue weighted by molar-refractivity contribution is 0.288. The van der Waals surface area contributed by atoms with E-state index in [1.54, 1.807) is 0 Å². The zero-order chi connectivity index (χ0) is 12.8. The molecule has 0 aliphatic carbocycles. The highest BCUT2D eigenvalue weighted by molar-refractivity contribution is 5.55. The van der Waals surface area contributed by atoms with Gasteiger partial charge in [0, 0.05) is 30.9 Å². The van der Waals surface area contributed by atoms with Crippen molar-refractivity contribution >= 4 is 5.69 Å². The number of benzene rings is 1. The molecule has 0 saturated carbocycles. The molecule has 1 atom stereocenters. The van der Waals surface area contributed by atoms with E-state index in [9.17, 15) is 0 Å². The highest BCUT2D eigenvalue weighted by Crippen LogP contribution is 2.26. The maximum atomic E-state index is 8.97. The minimum absolute atomic E-state index is 0.0292. The first-order valence-electron chi connectivity index (χ1n) is 6.30. The quantitative estimate of drug-likeness (QED) is 0.797. The summed E-state index contributed by atoms with van der Waals surface area (Å²) in [6, 6.07) is 8.68. The van der Waals surface area contributed by atoms with E-state index >= 15 is 0 Å². The average molecular weight is 236 g/mol. The molecule has 3 heteroatoms. The predicted molar refractivity (Wildman–Crippen MR) is 73.2 cm³/mol. The zero-order valence-electron chi connectivity index (χ0n) is 11.1. The van der Waals surface area contributed by atoms with Gasteiger partial charge in [0.1, 0.15) is 0 Å². The molecule has 1 aromatic carbocycles. The minimum atomic E-state index is 0.0292. The summed E-state index contributed by atoms with van der Waals surface area (Å²) >= 11 is 0. The van der Waals surface area contributed by atoms with Gasteiger partial charge in [-0.2, -0.15) is 0 Å². The molecule has 1 aromatic rings. The van der Waals surface area contributed by atoms with Crippen LogP contribution in [0.2, 0.25) is 0 Å². The Balaban J connectivity index is 3.00. The van der Waals surface area contributed by atoms with Crippen molar-refractivity contribution in [3.63, 3.8) is 0 Å². The number of nitrogens with two attached hydrogens (primary N) is 1. The summed E-state index contributed by atoms with van der Waals surface area (Å²) in [6.07, 6.45) is 0.783. The molecule has 0 bridgehead atoms. The molecule has 0 amide bonds. The van der Waals surface area contributed by atoms with E-state index in [2.05, 4.69) is 30.9 Å². The van der Waals surface area contributed by atoms with Gasteiger partial charge >= 0.3 is 0 Å². The third-order valence-corrected chi connectivity index (χ3v) is 2.92. The van der Waals surface area contributed by atoms with E-state index in [0.29, 0.717) is 6.04 Å². The van der Waals surface area contributed by atoms with E-state index in [1.807, 2.05) is 19.1 Å². The number of aliphatic hydroxyl groups is 1. The zero-order valence-corrected chi connectivity index (χ0v) is 11.1. The lowest BCUT2D eigenvalue weighted by atomic mass is 10.0. The number of anilines is 1. The molecule has 0 fully saturated rings. The molecule has 1 rings (SSSR count). The van der Waals surface area contributed by atoms with E-state index in [1.165, 1.54) is 11.3 Å². The van der Waals surface area contributed by atoms with E-state index in [-0.39, 0.29) is 12.6 Å². The van der Waals surface area contributed by atoms with Crippen molar-refractivity contribution in [2.45, 2.75) is 39.3 Å². The fourth-order valence-electron chi connectivity index (χ4n) is 2.03. The van der Waals surface area contributed by atoms with Crippen molar-refractivity contribution < 1.29 is 5.11 Å². The van der Waals surface area contributed by atoms with Crippen molar-refractivity contribution in [2.24, 2.45) is 5.73 Å². The third-order valence-electron chi connectivity index (χ3n) is 2.92. The summed E-state index contributed by atoms with van der Waals surface area (Å²) in [4.78, 5) is 2.30. The van der Waals surface area contributed by atoms with Crippen LogP contribution in [0.5, 0.6) is 0 Å². The lowest BCUT2D eigenvalue weighted by Gasteiger charge is -2.31. The first kappa shape index (κ1) is 14.0. The van der Waals surface area contributed by atoms with Gasteiger partial charge in [-0.05, 0) is 38.8 Å². The second kappa shape index (κ2) is 6.62. The SMILES string of the molecule is CC(N)c1ccccc1N(CCCO)C(C)C. The van der Waals surface area contributed by atoms with Crippen LogP contribution in [0.1, 0.15) is 38.8 Å². The second-order valence-corrected chi connectivity index (χ2v) is 4.71. The van der Waals surface area contributed by atoms with E-state index in [4.69, 9.17) is 10.8 Å². The molecule has 96 valence electrons. The van der Waals surface area contributed by atoms with Crippen LogP contribution in [-0.2, 0) is 0 Å². The molecule has 0 spiro atoms. The Morgan fingerprint density at radius 1 is 1.24 bits per heavy atom. The summed E-state index contributed by atoms with van der Waals surface area (Å²) in [5.74, 6) is 0. The monoisotopic (exact) mass is 236 g/mol. The number of nitrogens with zero attached hydrogens (tertiary/aromatic N) is 1. The van der Waals surface area contributed by atoms with Crippen LogP contribution in [0.25, 0.3) is 0 Å². The summed E-state index contributed by atoms with van der Waals surface area (Å²) in [5, 5.41) is 8.97. The molecule has 3 nitrogen and oxygen atoms in total. The van der Waals surface area contributed by atoms with Crippen molar-refractivity contribution in [2.75, 3.05) is 18.1 Å². The van der Waals surface area contributed by atoms with Gasteiger partial charge in [-0.1, -0.05) is 18.2 Å². The minimum Gasteiger partial charge on any atom is -0.396 e. The predicted octanol–water partition coefficient (Wildman–Crippen LogP) is 2.30. The number of rotatable bonds is 6. The Hall–Kier alpha value is -1.06. The Morgan fingerprint density at radius 2 is 1.88 bits per heavy atom. The van der Waals surface area contributed by atoms with Crippen LogP contribution >= 0.6 is 0 Å². The largest absolute Gasteiger partial charge is 0.396 e. The molecule has 0 radical (unpaired) electrons. The van der Waals surface area contributed by atoms with Crippen LogP contribution in [0.3, 0.4) is 0 Å². The van der Waals surface area contributed by atoms with Gasteiger partial charge in [0.25, 0.3) is 0 Å². The fraction of sp³-hybridized carbons (Fsp3) is 0.571. The van der Waals surface area contributed by atoms with Crippen molar-refractivity contribution in [3.8, 4) is 0 Å². The maximum Gasteiger partial charge on any atom is 0.0447 e. The molecule has 0 aliphatic rings. The Kier molecular flexibility index (Phi) is 5.45. The number of hydrogen-bond donors (Lipinski definition) is 2. The number of para-hydroxylation sites is 1. The standard InChI is InChI=1S/C14H24N2O/c1-11(2)16(9-6-10-17)14-8-5-4-7-13(14)12(3)15/h4-5,7-8,11-12,17H,6,9-10,15H2,1-3H3. The molecular formula is C14H24N2O. The average Bonchev–Trinajstić information content (AvgIpc) is 2.29. The highest BCUT2D eigenvalue weighted by atomic mass is 16.3. The van der Waals surface area contributed by atoms with Gasteiger partial charge in [-0.3, -0.25) is 0 Å². The molecular weight excluding hydrogens is 212 g/mol. The van der Waals surface area contributed by atoms with Crippen LogP contribution in [0.4, 0.5) is 5.69 Å². The van der Waals surface area contributed by atoms with Crippen LogP contribution in [0.15, 0.2) is 24.3 Å². The normalized spacial score (nSPS) is 12.8. The molecule has 3 N–H and O–H groups in total. The maximum absolute atomic E-state index is 8.97. The lowest BCUT2D eigenvalue weighted by Crippen LogP contribution is -2.33. The van der Waals surface area contributed by atoms with Crippen molar-refractivity contribution in [1.82, 2.24) is 0 Å². The Morgan fingerprint density at radius 3 is 2.41 bits per heavy atom. The summed E-state index contributed by atoms with van der Waals surface area (Å²) in [5.41, 5.74) is 8.36. The summed E-state index contributed by atoms with van der Waals surface area (Å²) < 4.78 is 0. The first-order valence-corrected chi connectivity index (χ1v) is 6.30. The summed E-state index contributed by atoms with van der Waals surface area (Å²) in [7, 11) is 0. The highest BCUT2D eigenvalue weighted by Gasteiger charge is 2.15. The molecule has 1 unspecified atom stereocenters. The fourth-order valence-corrected chi connectivity index (χ4v) is 2.03.